The highest BCUT2D eigenvalue weighted by Crippen LogP contribution is 2.36. The summed E-state index contributed by atoms with van der Waals surface area (Å²) >= 11 is 0. The highest BCUT2D eigenvalue weighted by molar-refractivity contribution is 5.98. The quantitative estimate of drug-likeness (QED) is 0.461. The lowest BCUT2D eigenvalue weighted by atomic mass is 9.87. The van der Waals surface area contributed by atoms with Gasteiger partial charge in [0.05, 0.1) is 23.0 Å². The fourth-order valence-electron chi connectivity index (χ4n) is 3.99. The van der Waals surface area contributed by atoms with E-state index in [0.717, 1.165) is 17.0 Å². The predicted octanol–water partition coefficient (Wildman–Crippen LogP) is 3.80. The SMILES string of the molecule is CNC1CCCC(F)(F)C1Nc1nc(Nc2cnc3ccccc3c2)c(C(N)=O)cc1F. The van der Waals surface area contributed by atoms with Gasteiger partial charge < -0.3 is 21.7 Å². The monoisotopic (exact) mass is 444 g/mol. The van der Waals surface area contributed by atoms with Gasteiger partial charge in [-0.2, -0.15) is 0 Å². The van der Waals surface area contributed by atoms with E-state index < -0.39 is 35.5 Å². The summed E-state index contributed by atoms with van der Waals surface area (Å²) in [4.78, 5) is 20.3. The lowest BCUT2D eigenvalue weighted by Gasteiger charge is -2.38. The van der Waals surface area contributed by atoms with Gasteiger partial charge >= 0.3 is 0 Å². The fraction of sp³-hybridized carbons (Fsp3) is 0.318. The van der Waals surface area contributed by atoms with Gasteiger partial charge in [-0.3, -0.25) is 9.78 Å². The number of nitrogens with one attached hydrogen (secondary N) is 3. The Labute approximate surface area is 182 Å². The molecule has 1 aromatic carbocycles. The van der Waals surface area contributed by atoms with Gasteiger partial charge in [-0.25, -0.2) is 18.2 Å². The number of aromatic nitrogens is 2. The highest BCUT2D eigenvalue weighted by Gasteiger charge is 2.47. The molecule has 168 valence electrons. The number of amides is 1. The summed E-state index contributed by atoms with van der Waals surface area (Å²) in [7, 11) is 1.58. The van der Waals surface area contributed by atoms with Crippen LogP contribution in [0.4, 0.5) is 30.5 Å². The number of carbonyl (C=O) groups is 1. The van der Waals surface area contributed by atoms with Gasteiger partial charge in [0.15, 0.2) is 11.6 Å². The Hall–Kier alpha value is -3.40. The van der Waals surface area contributed by atoms with Crippen molar-refractivity contribution >= 4 is 34.1 Å². The zero-order chi connectivity index (χ0) is 22.9. The third kappa shape index (κ3) is 4.31. The number of likely N-dealkylation sites (N-methyl/N-ethyl adjacent to an activating group) is 1. The number of fused-ring (bicyclic) bond motifs is 1. The third-order valence-electron chi connectivity index (χ3n) is 5.64. The van der Waals surface area contributed by atoms with E-state index in [4.69, 9.17) is 5.73 Å². The average Bonchev–Trinajstić information content (AvgIpc) is 2.76. The van der Waals surface area contributed by atoms with E-state index in [-0.39, 0.29) is 17.8 Å². The first-order valence-corrected chi connectivity index (χ1v) is 10.2. The van der Waals surface area contributed by atoms with Crippen molar-refractivity contribution in [1.82, 2.24) is 15.3 Å². The standard InChI is InChI=1S/C22H23F3N6O/c1-27-17-7-4-8-22(24,25)18(17)30-21-15(23)10-14(19(26)32)20(31-21)29-13-9-12-5-2-3-6-16(12)28-11-13/h2-3,5-6,9-11,17-18,27H,4,7-8H2,1H3,(H2,26,32)(H2,29,30,31). The van der Waals surface area contributed by atoms with Crippen LogP contribution in [0.2, 0.25) is 0 Å². The molecule has 2 unspecified atom stereocenters. The summed E-state index contributed by atoms with van der Waals surface area (Å²) in [6.45, 7) is 0. The maximum absolute atomic E-state index is 14.7. The lowest BCUT2D eigenvalue weighted by Crippen LogP contribution is -2.56. The first kappa shape index (κ1) is 21.8. The minimum atomic E-state index is -3.06. The number of pyridine rings is 2. The normalized spacial score (nSPS) is 20.1. The van der Waals surface area contributed by atoms with Crippen LogP contribution in [-0.4, -0.2) is 40.9 Å². The smallest absolute Gasteiger partial charge is 0.269 e. The molecule has 1 aliphatic rings. The molecule has 0 radical (unpaired) electrons. The third-order valence-corrected chi connectivity index (χ3v) is 5.64. The van der Waals surface area contributed by atoms with Gasteiger partial charge in [-0.1, -0.05) is 18.2 Å². The molecule has 1 aliphatic carbocycles. The first-order valence-electron chi connectivity index (χ1n) is 10.2. The van der Waals surface area contributed by atoms with Crippen molar-refractivity contribution in [3.8, 4) is 0 Å². The summed E-state index contributed by atoms with van der Waals surface area (Å²) in [6, 6.07) is 8.14. The molecular formula is C22H23F3N6O. The van der Waals surface area contributed by atoms with Gasteiger partial charge in [0.1, 0.15) is 11.9 Å². The van der Waals surface area contributed by atoms with Crippen LogP contribution in [-0.2, 0) is 0 Å². The Kier molecular flexibility index (Phi) is 5.88. The number of nitrogens with two attached hydrogens (primary N) is 1. The molecule has 0 bridgehead atoms. The molecule has 0 aliphatic heterocycles. The average molecular weight is 444 g/mol. The van der Waals surface area contributed by atoms with E-state index in [2.05, 4.69) is 25.9 Å². The Balaban J connectivity index is 1.70. The second-order valence-electron chi connectivity index (χ2n) is 7.79. The summed E-state index contributed by atoms with van der Waals surface area (Å²) in [6.07, 6.45) is 2.09. The molecule has 1 amide bonds. The zero-order valence-corrected chi connectivity index (χ0v) is 17.3. The summed E-state index contributed by atoms with van der Waals surface area (Å²) in [5.74, 6) is -5.36. The summed E-state index contributed by atoms with van der Waals surface area (Å²) < 4.78 is 43.9. The van der Waals surface area contributed by atoms with Crippen LogP contribution in [0, 0.1) is 5.82 Å². The number of alkyl halides is 2. The molecule has 2 aromatic heterocycles. The lowest BCUT2D eigenvalue weighted by molar-refractivity contribution is -0.0550. The van der Waals surface area contributed by atoms with E-state index in [0.29, 0.717) is 18.5 Å². The molecule has 3 aromatic rings. The number of carbonyl (C=O) groups excluding carboxylic acids is 1. The van der Waals surface area contributed by atoms with Crippen LogP contribution in [0.3, 0.4) is 0 Å². The van der Waals surface area contributed by atoms with E-state index >= 15 is 0 Å². The van der Waals surface area contributed by atoms with Crippen molar-refractivity contribution in [1.29, 1.82) is 0 Å². The Morgan fingerprint density at radius 3 is 2.75 bits per heavy atom. The van der Waals surface area contributed by atoms with Crippen LogP contribution in [0.15, 0.2) is 42.6 Å². The first-order chi connectivity index (χ1) is 15.3. The van der Waals surface area contributed by atoms with E-state index in [1.54, 1.807) is 13.1 Å². The van der Waals surface area contributed by atoms with Gasteiger partial charge in [0.25, 0.3) is 11.8 Å². The Morgan fingerprint density at radius 1 is 1.22 bits per heavy atom. The second kappa shape index (κ2) is 8.62. The number of anilines is 3. The number of nitrogens with zero attached hydrogens (tertiary/aromatic N) is 2. The van der Waals surface area contributed by atoms with E-state index in [1.807, 2.05) is 24.3 Å². The number of primary amides is 1. The number of benzene rings is 1. The van der Waals surface area contributed by atoms with E-state index in [1.165, 1.54) is 6.20 Å². The predicted molar refractivity (Wildman–Crippen MR) is 117 cm³/mol. The van der Waals surface area contributed by atoms with Crippen LogP contribution >= 0.6 is 0 Å². The molecule has 0 saturated heterocycles. The molecule has 32 heavy (non-hydrogen) atoms. The van der Waals surface area contributed by atoms with Crippen molar-refractivity contribution in [2.24, 2.45) is 5.73 Å². The largest absolute Gasteiger partial charge is 0.365 e. The summed E-state index contributed by atoms with van der Waals surface area (Å²) in [5.41, 5.74) is 6.43. The summed E-state index contributed by atoms with van der Waals surface area (Å²) in [5, 5.41) is 9.16. The number of rotatable bonds is 6. The minimum absolute atomic E-state index is 0.0568. The van der Waals surface area contributed by atoms with Crippen LogP contribution < -0.4 is 21.7 Å². The number of hydrogen-bond donors (Lipinski definition) is 4. The zero-order valence-electron chi connectivity index (χ0n) is 17.3. The highest BCUT2D eigenvalue weighted by atomic mass is 19.3. The van der Waals surface area contributed by atoms with Crippen LogP contribution in [0.25, 0.3) is 10.9 Å². The molecule has 7 nitrogen and oxygen atoms in total. The number of halogens is 3. The maximum atomic E-state index is 14.7. The minimum Gasteiger partial charge on any atom is -0.365 e. The Morgan fingerprint density at radius 2 is 2.00 bits per heavy atom. The molecule has 4 rings (SSSR count). The van der Waals surface area contributed by atoms with Crippen LogP contribution in [0.1, 0.15) is 29.6 Å². The van der Waals surface area contributed by atoms with Gasteiger partial charge in [0, 0.05) is 17.8 Å². The van der Waals surface area contributed by atoms with E-state index in [9.17, 15) is 18.0 Å². The molecule has 1 saturated carbocycles. The molecule has 5 N–H and O–H groups in total. The molecular weight excluding hydrogens is 421 g/mol. The molecule has 0 spiro atoms. The van der Waals surface area contributed by atoms with Crippen molar-refractivity contribution in [3.63, 3.8) is 0 Å². The molecule has 2 atom stereocenters. The number of para-hydroxylation sites is 1. The van der Waals surface area contributed by atoms with Crippen LogP contribution in [0.5, 0.6) is 0 Å². The fourth-order valence-corrected chi connectivity index (χ4v) is 3.99. The van der Waals surface area contributed by atoms with Gasteiger partial charge in [-0.05, 0) is 38.1 Å². The molecule has 10 heteroatoms. The Bertz CT molecular complexity index is 1160. The second-order valence-corrected chi connectivity index (χ2v) is 7.79. The molecule has 2 heterocycles. The van der Waals surface area contributed by atoms with Gasteiger partial charge in [-0.15, -0.1) is 0 Å². The number of hydrogen-bond acceptors (Lipinski definition) is 6. The van der Waals surface area contributed by atoms with Gasteiger partial charge in [0.2, 0.25) is 0 Å². The maximum Gasteiger partial charge on any atom is 0.269 e. The van der Waals surface area contributed by atoms with Crippen molar-refractivity contribution in [3.05, 3.63) is 54.0 Å². The van der Waals surface area contributed by atoms with Crippen molar-refractivity contribution in [2.75, 3.05) is 17.7 Å². The molecule has 1 fully saturated rings. The van der Waals surface area contributed by atoms with Crippen molar-refractivity contribution < 1.29 is 18.0 Å². The van der Waals surface area contributed by atoms with Crippen molar-refractivity contribution in [2.45, 2.75) is 37.3 Å². The topological polar surface area (TPSA) is 105 Å².